The van der Waals surface area contributed by atoms with Gasteiger partial charge in [0.15, 0.2) is 0 Å². The fourth-order valence-electron chi connectivity index (χ4n) is 2.74. The van der Waals surface area contributed by atoms with Gasteiger partial charge in [0.05, 0.1) is 0 Å². The lowest BCUT2D eigenvalue weighted by Crippen LogP contribution is -2.52. The van der Waals surface area contributed by atoms with E-state index in [0.29, 0.717) is 12.0 Å². The predicted octanol–water partition coefficient (Wildman–Crippen LogP) is 1.46. The van der Waals surface area contributed by atoms with Gasteiger partial charge in [0.25, 0.3) is 0 Å². The highest BCUT2D eigenvalue weighted by Crippen LogP contribution is 2.19. The summed E-state index contributed by atoms with van der Waals surface area (Å²) in [5.74, 6) is 1.50. The van der Waals surface area contributed by atoms with Gasteiger partial charge in [-0.25, -0.2) is 9.97 Å². The van der Waals surface area contributed by atoms with Crippen LogP contribution in [0.25, 0.3) is 0 Å². The normalized spacial score (nSPS) is 18.6. The Balaban J connectivity index is 1.98. The van der Waals surface area contributed by atoms with E-state index in [1.807, 2.05) is 0 Å². The smallest absolute Gasteiger partial charge is 0.132 e. The molecule has 1 atom stereocenters. The van der Waals surface area contributed by atoms with Gasteiger partial charge in [0.1, 0.15) is 12.1 Å². The Hall–Kier alpha value is -1.20. The molecule has 1 aliphatic heterocycles. The molecule has 1 fully saturated rings. The van der Waals surface area contributed by atoms with Gasteiger partial charge in [0.2, 0.25) is 0 Å². The molecule has 0 amide bonds. The van der Waals surface area contributed by atoms with Crippen LogP contribution in [-0.2, 0) is 0 Å². The number of rotatable bonds is 5. The molecule has 0 aromatic carbocycles. The zero-order valence-corrected chi connectivity index (χ0v) is 12.9. The van der Waals surface area contributed by atoms with Crippen molar-refractivity contribution >= 4 is 5.82 Å². The van der Waals surface area contributed by atoms with Gasteiger partial charge < -0.3 is 10.6 Å². The minimum absolute atomic E-state index is 0.444. The first-order chi connectivity index (χ1) is 9.65. The van der Waals surface area contributed by atoms with Crippen molar-refractivity contribution in [3.8, 4) is 0 Å². The Bertz CT molecular complexity index is 408. The molecular weight excluding hydrogens is 250 g/mol. The van der Waals surface area contributed by atoms with E-state index < -0.39 is 0 Å². The summed E-state index contributed by atoms with van der Waals surface area (Å²) in [7, 11) is 0. The van der Waals surface area contributed by atoms with Crippen molar-refractivity contribution in [2.45, 2.75) is 39.2 Å². The molecule has 1 aliphatic rings. The van der Waals surface area contributed by atoms with E-state index in [2.05, 4.69) is 46.6 Å². The van der Waals surface area contributed by atoms with Crippen LogP contribution >= 0.6 is 0 Å². The van der Waals surface area contributed by atoms with E-state index in [1.54, 1.807) is 6.33 Å². The zero-order chi connectivity index (χ0) is 14.5. The fraction of sp³-hybridized carbons (Fsp3) is 0.733. The second kappa shape index (κ2) is 6.99. The van der Waals surface area contributed by atoms with E-state index in [9.17, 15) is 0 Å². The van der Waals surface area contributed by atoms with Gasteiger partial charge in [-0.05, 0) is 12.3 Å². The molecule has 0 aliphatic carbocycles. The maximum absolute atomic E-state index is 5.84. The summed E-state index contributed by atoms with van der Waals surface area (Å²) in [5, 5.41) is 0. The van der Waals surface area contributed by atoms with Crippen LogP contribution in [0.5, 0.6) is 0 Å². The number of hydrogen-bond donors (Lipinski definition) is 1. The highest BCUT2D eigenvalue weighted by atomic mass is 15.3. The van der Waals surface area contributed by atoms with Crippen molar-refractivity contribution < 1.29 is 0 Å². The molecule has 1 unspecified atom stereocenters. The predicted molar refractivity (Wildman–Crippen MR) is 83.0 cm³/mol. The van der Waals surface area contributed by atoms with Crippen LogP contribution in [0.2, 0.25) is 0 Å². The molecule has 0 saturated carbocycles. The van der Waals surface area contributed by atoms with Crippen LogP contribution in [-0.4, -0.2) is 53.6 Å². The third-order valence-corrected chi connectivity index (χ3v) is 4.16. The molecule has 2 heterocycles. The van der Waals surface area contributed by atoms with Crippen molar-refractivity contribution in [3.63, 3.8) is 0 Å². The number of nitrogens with two attached hydrogens (primary N) is 1. The molecule has 2 rings (SSSR count). The van der Waals surface area contributed by atoms with Gasteiger partial charge in [-0.3, -0.25) is 4.90 Å². The van der Waals surface area contributed by atoms with Crippen LogP contribution in [0.15, 0.2) is 12.4 Å². The molecule has 1 aromatic heterocycles. The molecule has 1 saturated heterocycles. The lowest BCUT2D eigenvalue weighted by Gasteiger charge is -2.39. The highest BCUT2D eigenvalue weighted by Gasteiger charge is 2.22. The number of piperazine rings is 1. The molecule has 2 N–H and O–H groups in total. The summed E-state index contributed by atoms with van der Waals surface area (Å²) < 4.78 is 0. The number of aromatic nitrogens is 2. The lowest BCUT2D eigenvalue weighted by molar-refractivity contribution is 0.184. The monoisotopic (exact) mass is 277 g/mol. The Morgan fingerprint density at radius 2 is 1.90 bits per heavy atom. The standard InChI is InChI=1S/C15H27N5/c1-4-13(10-16)19-5-7-20(8-6-19)15-9-14(12(2)3)17-11-18-15/h9,11-13H,4-8,10,16H2,1-3H3. The number of nitrogens with zero attached hydrogens (tertiary/aromatic N) is 4. The highest BCUT2D eigenvalue weighted by molar-refractivity contribution is 5.40. The lowest BCUT2D eigenvalue weighted by atomic mass is 10.1. The quantitative estimate of drug-likeness (QED) is 0.883. The third-order valence-electron chi connectivity index (χ3n) is 4.16. The number of anilines is 1. The molecule has 112 valence electrons. The van der Waals surface area contributed by atoms with Crippen molar-refractivity contribution in [1.29, 1.82) is 0 Å². The van der Waals surface area contributed by atoms with Gasteiger partial charge >= 0.3 is 0 Å². The Morgan fingerprint density at radius 1 is 1.20 bits per heavy atom. The van der Waals surface area contributed by atoms with E-state index in [4.69, 9.17) is 5.73 Å². The minimum Gasteiger partial charge on any atom is -0.354 e. The van der Waals surface area contributed by atoms with Crippen LogP contribution < -0.4 is 10.6 Å². The Labute approximate surface area is 122 Å². The summed E-state index contributed by atoms with van der Waals surface area (Å²) in [4.78, 5) is 13.6. The molecule has 0 spiro atoms. The first-order valence-corrected chi connectivity index (χ1v) is 7.66. The second-order valence-corrected chi connectivity index (χ2v) is 5.78. The third kappa shape index (κ3) is 3.46. The average molecular weight is 277 g/mol. The summed E-state index contributed by atoms with van der Waals surface area (Å²) in [5.41, 5.74) is 6.95. The van der Waals surface area contributed by atoms with Crippen LogP contribution in [0.1, 0.15) is 38.8 Å². The van der Waals surface area contributed by atoms with Gasteiger partial charge in [-0.2, -0.15) is 0 Å². The minimum atomic E-state index is 0.444. The van der Waals surface area contributed by atoms with Crippen molar-refractivity contribution in [3.05, 3.63) is 18.1 Å². The Kier molecular flexibility index (Phi) is 5.31. The summed E-state index contributed by atoms with van der Waals surface area (Å²) in [6.45, 7) is 11.5. The van der Waals surface area contributed by atoms with E-state index in [0.717, 1.165) is 50.7 Å². The summed E-state index contributed by atoms with van der Waals surface area (Å²) in [6.07, 6.45) is 2.81. The van der Waals surface area contributed by atoms with Crippen LogP contribution in [0.3, 0.4) is 0 Å². The summed E-state index contributed by atoms with van der Waals surface area (Å²) in [6, 6.07) is 2.65. The molecule has 0 radical (unpaired) electrons. The van der Waals surface area contributed by atoms with Gasteiger partial charge in [-0.1, -0.05) is 20.8 Å². The Morgan fingerprint density at radius 3 is 2.45 bits per heavy atom. The van der Waals surface area contributed by atoms with Crippen molar-refractivity contribution in [2.24, 2.45) is 5.73 Å². The van der Waals surface area contributed by atoms with E-state index in [-0.39, 0.29) is 0 Å². The molecule has 5 nitrogen and oxygen atoms in total. The average Bonchev–Trinajstić information content (AvgIpc) is 2.49. The first kappa shape index (κ1) is 15.2. The molecule has 0 bridgehead atoms. The molecule has 5 heteroatoms. The van der Waals surface area contributed by atoms with E-state index >= 15 is 0 Å². The molecule has 20 heavy (non-hydrogen) atoms. The maximum Gasteiger partial charge on any atom is 0.132 e. The largest absolute Gasteiger partial charge is 0.354 e. The van der Waals surface area contributed by atoms with Crippen molar-refractivity contribution in [1.82, 2.24) is 14.9 Å². The number of hydrogen-bond acceptors (Lipinski definition) is 5. The van der Waals surface area contributed by atoms with Gasteiger partial charge in [-0.15, -0.1) is 0 Å². The topological polar surface area (TPSA) is 58.3 Å². The zero-order valence-electron chi connectivity index (χ0n) is 12.9. The van der Waals surface area contributed by atoms with Crippen LogP contribution in [0.4, 0.5) is 5.82 Å². The molecule has 1 aromatic rings. The molecular formula is C15H27N5. The van der Waals surface area contributed by atoms with Gasteiger partial charge in [0, 0.05) is 50.5 Å². The van der Waals surface area contributed by atoms with Crippen molar-refractivity contribution in [2.75, 3.05) is 37.6 Å². The SMILES string of the molecule is CCC(CN)N1CCN(c2cc(C(C)C)ncn2)CC1. The summed E-state index contributed by atoms with van der Waals surface area (Å²) >= 11 is 0. The fourth-order valence-corrected chi connectivity index (χ4v) is 2.74. The van der Waals surface area contributed by atoms with Crippen LogP contribution in [0, 0.1) is 0 Å². The van der Waals surface area contributed by atoms with E-state index in [1.165, 1.54) is 0 Å². The second-order valence-electron chi connectivity index (χ2n) is 5.78. The first-order valence-electron chi connectivity index (χ1n) is 7.66. The maximum atomic E-state index is 5.84.